The molecule has 0 fully saturated rings. The topological polar surface area (TPSA) is 75.9 Å². The zero-order valence-corrected chi connectivity index (χ0v) is 22.1. The first-order valence-electron chi connectivity index (χ1n) is 10.2. The lowest BCUT2D eigenvalue weighted by atomic mass is 9.94. The number of likely N-dealkylation sites (N-methyl/N-ethyl adjacent to an activating group) is 1. The van der Waals surface area contributed by atoms with E-state index in [-0.39, 0.29) is 29.8 Å². The number of anilines is 1. The van der Waals surface area contributed by atoms with Gasteiger partial charge in [0, 0.05) is 22.2 Å². The van der Waals surface area contributed by atoms with Crippen molar-refractivity contribution in [2.24, 2.45) is 5.41 Å². The van der Waals surface area contributed by atoms with Crippen LogP contribution < -0.4 is 15.0 Å². The number of rotatable bonds is 6. The Hall–Kier alpha value is -2.13. The zero-order chi connectivity index (χ0) is 24.5. The summed E-state index contributed by atoms with van der Waals surface area (Å²) in [6.45, 7) is 7.12. The SMILES string of the molecule is CNCC(=O)N(C(=O)C(C)(C)C)c1ccc(Cl)c(COc2cccn3c(Br)c(C)nc23)c1Cl. The molecule has 1 N–H and O–H groups in total. The van der Waals surface area contributed by atoms with Gasteiger partial charge < -0.3 is 10.1 Å². The third kappa shape index (κ3) is 5.19. The first-order chi connectivity index (χ1) is 15.5. The van der Waals surface area contributed by atoms with Crippen molar-refractivity contribution in [3.63, 3.8) is 0 Å². The van der Waals surface area contributed by atoms with Gasteiger partial charge in [0.2, 0.25) is 11.8 Å². The summed E-state index contributed by atoms with van der Waals surface area (Å²) in [7, 11) is 1.64. The van der Waals surface area contributed by atoms with Crippen molar-refractivity contribution in [1.82, 2.24) is 14.7 Å². The molecule has 10 heteroatoms. The predicted molar refractivity (Wildman–Crippen MR) is 134 cm³/mol. The number of hydrogen-bond acceptors (Lipinski definition) is 5. The van der Waals surface area contributed by atoms with Crippen LogP contribution >= 0.6 is 39.1 Å². The summed E-state index contributed by atoms with van der Waals surface area (Å²) in [5.74, 6) is -0.255. The molecule has 3 rings (SSSR count). The van der Waals surface area contributed by atoms with Crippen molar-refractivity contribution in [3.05, 3.63) is 56.4 Å². The maximum atomic E-state index is 13.1. The number of amides is 2. The van der Waals surface area contributed by atoms with Gasteiger partial charge in [0.1, 0.15) is 11.2 Å². The molecule has 1 aromatic carbocycles. The minimum atomic E-state index is -0.801. The first-order valence-corrected chi connectivity index (χ1v) is 11.8. The minimum absolute atomic E-state index is 0.0203. The van der Waals surface area contributed by atoms with Crippen LogP contribution in [0.1, 0.15) is 32.0 Å². The van der Waals surface area contributed by atoms with Crippen LogP contribution in [0.2, 0.25) is 10.0 Å². The molecule has 2 amide bonds. The van der Waals surface area contributed by atoms with Crippen LogP contribution in [0.4, 0.5) is 5.69 Å². The molecule has 0 unspecified atom stereocenters. The van der Waals surface area contributed by atoms with Crippen LogP contribution in [0.5, 0.6) is 5.75 Å². The largest absolute Gasteiger partial charge is 0.485 e. The lowest BCUT2D eigenvalue weighted by Crippen LogP contribution is -2.47. The number of carbonyl (C=O) groups is 2. The summed E-state index contributed by atoms with van der Waals surface area (Å²) >= 11 is 16.7. The number of nitrogens with zero attached hydrogens (tertiary/aromatic N) is 3. The number of fused-ring (bicyclic) bond motifs is 1. The monoisotopic (exact) mass is 554 g/mol. The maximum Gasteiger partial charge on any atom is 0.247 e. The average molecular weight is 556 g/mol. The number of hydrogen-bond donors (Lipinski definition) is 1. The summed E-state index contributed by atoms with van der Waals surface area (Å²) in [6, 6.07) is 6.81. The molecule has 0 atom stereocenters. The Morgan fingerprint density at radius 3 is 2.58 bits per heavy atom. The van der Waals surface area contributed by atoms with Crippen LogP contribution in [-0.2, 0) is 16.2 Å². The molecule has 0 aliphatic heterocycles. The van der Waals surface area contributed by atoms with Crippen molar-refractivity contribution in [3.8, 4) is 5.75 Å². The molecule has 0 bridgehead atoms. The van der Waals surface area contributed by atoms with Crippen LogP contribution in [0, 0.1) is 12.3 Å². The number of halogens is 3. The number of imidazole rings is 1. The van der Waals surface area contributed by atoms with Crippen LogP contribution in [0.3, 0.4) is 0 Å². The third-order valence-electron chi connectivity index (χ3n) is 4.92. The van der Waals surface area contributed by atoms with Gasteiger partial charge in [-0.1, -0.05) is 44.0 Å². The van der Waals surface area contributed by atoms with Gasteiger partial charge in [-0.2, -0.15) is 0 Å². The summed E-state index contributed by atoms with van der Waals surface area (Å²) < 4.78 is 8.73. The Morgan fingerprint density at radius 2 is 1.94 bits per heavy atom. The van der Waals surface area contributed by atoms with E-state index >= 15 is 0 Å². The average Bonchev–Trinajstić information content (AvgIpc) is 3.04. The molecular weight excluding hydrogens is 531 g/mol. The van der Waals surface area contributed by atoms with Crippen molar-refractivity contribution in [2.75, 3.05) is 18.5 Å². The molecule has 0 saturated heterocycles. The van der Waals surface area contributed by atoms with E-state index in [2.05, 4.69) is 26.2 Å². The van der Waals surface area contributed by atoms with Gasteiger partial charge in [0.05, 0.1) is 22.9 Å². The first kappa shape index (κ1) is 25.5. The van der Waals surface area contributed by atoms with Crippen molar-refractivity contribution in [2.45, 2.75) is 34.3 Å². The van der Waals surface area contributed by atoms with Gasteiger partial charge in [0.15, 0.2) is 11.4 Å². The van der Waals surface area contributed by atoms with Crippen molar-refractivity contribution in [1.29, 1.82) is 0 Å². The van der Waals surface area contributed by atoms with Gasteiger partial charge >= 0.3 is 0 Å². The predicted octanol–water partition coefficient (Wildman–Crippen LogP) is 5.42. The number of aromatic nitrogens is 2. The van der Waals surface area contributed by atoms with Crippen molar-refractivity contribution < 1.29 is 14.3 Å². The molecule has 33 heavy (non-hydrogen) atoms. The highest BCUT2D eigenvalue weighted by Crippen LogP contribution is 2.37. The Balaban J connectivity index is 2.01. The number of imide groups is 1. The fourth-order valence-corrected chi connectivity index (χ4v) is 4.14. The molecule has 2 heterocycles. The van der Waals surface area contributed by atoms with Gasteiger partial charge in [0.25, 0.3) is 0 Å². The van der Waals surface area contributed by atoms with E-state index in [9.17, 15) is 9.59 Å². The lowest BCUT2D eigenvalue weighted by molar-refractivity contribution is -0.130. The Morgan fingerprint density at radius 1 is 1.24 bits per heavy atom. The second kappa shape index (κ2) is 10.0. The second-order valence-corrected chi connectivity index (χ2v) is 10.1. The van der Waals surface area contributed by atoms with E-state index in [0.29, 0.717) is 22.0 Å². The smallest absolute Gasteiger partial charge is 0.247 e. The lowest BCUT2D eigenvalue weighted by Gasteiger charge is -2.29. The molecule has 0 aliphatic carbocycles. The maximum absolute atomic E-state index is 13.1. The number of ether oxygens (including phenoxy) is 1. The minimum Gasteiger partial charge on any atom is -0.485 e. The van der Waals surface area contributed by atoms with Gasteiger partial charge in [-0.3, -0.25) is 14.0 Å². The van der Waals surface area contributed by atoms with Gasteiger partial charge in [-0.05, 0) is 54.2 Å². The van der Waals surface area contributed by atoms with E-state index < -0.39 is 11.3 Å². The zero-order valence-electron chi connectivity index (χ0n) is 19.0. The van der Waals surface area contributed by atoms with E-state index in [1.807, 2.05) is 23.6 Å². The number of carbonyl (C=O) groups excluding carboxylic acids is 2. The molecule has 0 saturated carbocycles. The normalized spacial score (nSPS) is 11.6. The standard InChI is InChI=1S/C23H25BrCl2N4O3/c1-13-20(24)29-10-6-7-17(21(29)28-13)33-12-14-15(25)8-9-16(19(14)26)30(18(31)11-27-5)22(32)23(2,3)4/h6-10,27H,11-12H2,1-5H3. The second-order valence-electron chi connectivity index (χ2n) is 8.52. The van der Waals surface area contributed by atoms with E-state index in [1.165, 1.54) is 0 Å². The summed E-state index contributed by atoms with van der Waals surface area (Å²) in [6.07, 6.45) is 1.87. The molecule has 0 spiro atoms. The third-order valence-corrected chi connectivity index (χ3v) is 6.65. The number of nitrogens with one attached hydrogen (secondary N) is 1. The van der Waals surface area contributed by atoms with E-state index in [4.69, 9.17) is 27.9 Å². The molecule has 176 valence electrons. The fraction of sp³-hybridized carbons (Fsp3) is 0.348. The highest BCUT2D eigenvalue weighted by Gasteiger charge is 2.34. The van der Waals surface area contributed by atoms with E-state index in [0.717, 1.165) is 15.2 Å². The van der Waals surface area contributed by atoms with E-state index in [1.54, 1.807) is 46.0 Å². The molecule has 2 aromatic heterocycles. The van der Waals surface area contributed by atoms with Gasteiger partial charge in [-0.15, -0.1) is 0 Å². The van der Waals surface area contributed by atoms with Gasteiger partial charge in [-0.25, -0.2) is 9.88 Å². The Kier molecular flexibility index (Phi) is 7.73. The van der Waals surface area contributed by atoms with Crippen LogP contribution in [-0.4, -0.2) is 34.8 Å². The molecule has 0 aliphatic rings. The highest BCUT2D eigenvalue weighted by molar-refractivity contribution is 9.10. The Labute approximate surface area is 211 Å². The van der Waals surface area contributed by atoms with Crippen molar-refractivity contribution >= 4 is 62.3 Å². The summed E-state index contributed by atoms with van der Waals surface area (Å²) in [4.78, 5) is 31.6. The molecule has 0 radical (unpaired) electrons. The molecule has 3 aromatic rings. The summed E-state index contributed by atoms with van der Waals surface area (Å²) in [5.41, 5.74) is 1.38. The molecule has 7 nitrogen and oxygen atoms in total. The number of pyridine rings is 1. The number of benzene rings is 1. The van der Waals surface area contributed by atoms with Crippen LogP contribution in [0.25, 0.3) is 5.65 Å². The molecular formula is C23H25BrCl2N4O3. The number of aryl methyl sites for hydroxylation is 1. The highest BCUT2D eigenvalue weighted by atomic mass is 79.9. The Bertz CT molecular complexity index is 1220. The summed E-state index contributed by atoms with van der Waals surface area (Å²) in [5, 5.41) is 3.33. The fourth-order valence-electron chi connectivity index (χ4n) is 3.20. The van der Waals surface area contributed by atoms with Crippen LogP contribution in [0.15, 0.2) is 35.1 Å². The quantitative estimate of drug-likeness (QED) is 0.439.